The minimum atomic E-state index is -1.46. The van der Waals surface area contributed by atoms with Crippen molar-refractivity contribution in [3.05, 3.63) is 29.6 Å². The highest BCUT2D eigenvalue weighted by molar-refractivity contribution is 8.15. The number of halogens is 3. The van der Waals surface area contributed by atoms with Gasteiger partial charge in [0.25, 0.3) is 0 Å². The first kappa shape index (κ1) is 11.9. The van der Waals surface area contributed by atoms with Crippen molar-refractivity contribution in [2.75, 3.05) is 11.9 Å². The van der Waals surface area contributed by atoms with Crippen molar-refractivity contribution < 1.29 is 13.2 Å². The number of hydrogen-bond donors (Lipinski definition) is 1. The Bertz CT molecular complexity index is 514. The topological polar surface area (TPSA) is 24.4 Å². The summed E-state index contributed by atoms with van der Waals surface area (Å²) < 4.78 is 39.3. The van der Waals surface area contributed by atoms with Crippen molar-refractivity contribution in [2.24, 2.45) is 10.9 Å². The van der Waals surface area contributed by atoms with Crippen LogP contribution < -0.4 is 5.32 Å². The van der Waals surface area contributed by atoms with Gasteiger partial charge in [0, 0.05) is 5.25 Å². The summed E-state index contributed by atoms with van der Waals surface area (Å²) in [6, 6.07) is 2.08. The fourth-order valence-corrected chi connectivity index (χ4v) is 3.13. The maximum atomic E-state index is 13.4. The molecule has 1 N–H and O–H groups in total. The van der Waals surface area contributed by atoms with Crippen LogP contribution in [0.1, 0.15) is 12.8 Å². The molecular weight excluding hydrogens is 261 g/mol. The zero-order valence-electron chi connectivity index (χ0n) is 9.42. The first-order valence-corrected chi connectivity index (χ1v) is 6.65. The predicted molar refractivity (Wildman–Crippen MR) is 66.3 cm³/mol. The summed E-state index contributed by atoms with van der Waals surface area (Å²) in [6.07, 6.45) is 2.44. The molecule has 0 bridgehead atoms. The molecule has 1 aliphatic carbocycles. The van der Waals surface area contributed by atoms with E-state index in [4.69, 9.17) is 0 Å². The summed E-state index contributed by atoms with van der Waals surface area (Å²) in [4.78, 5) is 4.25. The van der Waals surface area contributed by atoms with Gasteiger partial charge in [0.05, 0.1) is 12.2 Å². The molecule has 18 heavy (non-hydrogen) atoms. The lowest BCUT2D eigenvalue weighted by atomic mass is 10.3. The summed E-state index contributed by atoms with van der Waals surface area (Å²) >= 11 is 1.55. The van der Waals surface area contributed by atoms with Gasteiger partial charge in [-0.2, -0.15) is 0 Å². The molecule has 0 radical (unpaired) electrons. The normalized spacial score (nSPS) is 23.1. The zero-order chi connectivity index (χ0) is 12.7. The molecule has 0 aromatic heterocycles. The van der Waals surface area contributed by atoms with Gasteiger partial charge in [-0.3, -0.25) is 4.99 Å². The maximum absolute atomic E-state index is 13.4. The average molecular weight is 272 g/mol. The molecule has 6 heteroatoms. The van der Waals surface area contributed by atoms with E-state index in [2.05, 4.69) is 10.3 Å². The molecule has 1 saturated carbocycles. The van der Waals surface area contributed by atoms with Crippen molar-refractivity contribution in [3.63, 3.8) is 0 Å². The highest BCUT2D eigenvalue weighted by Crippen LogP contribution is 2.42. The number of nitrogens with zero attached hydrogens (tertiary/aromatic N) is 1. The van der Waals surface area contributed by atoms with E-state index in [0.29, 0.717) is 22.9 Å². The van der Waals surface area contributed by atoms with Gasteiger partial charge in [0.2, 0.25) is 0 Å². The number of hydrogen-bond acceptors (Lipinski definition) is 3. The van der Waals surface area contributed by atoms with Crippen LogP contribution in [-0.4, -0.2) is 17.0 Å². The van der Waals surface area contributed by atoms with E-state index >= 15 is 0 Å². The molecule has 1 atom stereocenters. The molecule has 1 aliphatic heterocycles. The molecule has 1 unspecified atom stereocenters. The Balaban J connectivity index is 1.71. The Morgan fingerprint density at radius 1 is 1.17 bits per heavy atom. The SMILES string of the molecule is Fc1ccc(NC2=NCC(C3CC3)S2)c(F)c1F. The van der Waals surface area contributed by atoms with Crippen molar-refractivity contribution in [2.45, 2.75) is 18.1 Å². The van der Waals surface area contributed by atoms with Gasteiger partial charge in [-0.15, -0.1) is 0 Å². The van der Waals surface area contributed by atoms with Gasteiger partial charge in [-0.25, -0.2) is 13.2 Å². The molecule has 1 fully saturated rings. The van der Waals surface area contributed by atoms with Gasteiger partial charge in [-0.05, 0) is 30.9 Å². The summed E-state index contributed by atoms with van der Waals surface area (Å²) in [7, 11) is 0. The van der Waals surface area contributed by atoms with E-state index in [0.717, 1.165) is 6.07 Å². The second kappa shape index (κ2) is 4.50. The van der Waals surface area contributed by atoms with Crippen molar-refractivity contribution >= 4 is 22.6 Å². The Morgan fingerprint density at radius 2 is 1.94 bits per heavy atom. The summed E-state index contributed by atoms with van der Waals surface area (Å²) in [5.74, 6) is -3.14. The van der Waals surface area contributed by atoms with Crippen molar-refractivity contribution in [1.82, 2.24) is 0 Å². The number of aliphatic imine (C=N–C) groups is 1. The van der Waals surface area contributed by atoms with Gasteiger partial charge < -0.3 is 5.32 Å². The molecule has 96 valence electrons. The third-order valence-electron chi connectivity index (χ3n) is 3.10. The van der Waals surface area contributed by atoms with Crippen LogP contribution in [0, 0.1) is 23.4 Å². The molecule has 3 rings (SSSR count). The lowest BCUT2D eigenvalue weighted by molar-refractivity contribution is 0.449. The molecular formula is C12H11F3N2S. The second-order valence-electron chi connectivity index (χ2n) is 4.49. The van der Waals surface area contributed by atoms with Gasteiger partial charge in [-0.1, -0.05) is 11.8 Å². The van der Waals surface area contributed by atoms with Crippen LogP contribution in [0.4, 0.5) is 18.9 Å². The van der Waals surface area contributed by atoms with Crippen LogP contribution in [0.5, 0.6) is 0 Å². The summed E-state index contributed by atoms with van der Waals surface area (Å²) in [5, 5.41) is 3.75. The highest BCUT2D eigenvalue weighted by Gasteiger charge is 2.35. The average Bonchev–Trinajstić information content (AvgIpc) is 3.11. The first-order chi connectivity index (χ1) is 8.65. The summed E-state index contributed by atoms with van der Waals surface area (Å²) in [6.45, 7) is 0.711. The monoisotopic (exact) mass is 272 g/mol. The molecule has 1 aromatic rings. The quantitative estimate of drug-likeness (QED) is 0.834. The molecule has 2 aliphatic rings. The number of nitrogens with one attached hydrogen (secondary N) is 1. The third-order valence-corrected chi connectivity index (χ3v) is 4.39. The third kappa shape index (κ3) is 2.21. The van der Waals surface area contributed by atoms with E-state index in [1.807, 2.05) is 0 Å². The van der Waals surface area contributed by atoms with Crippen LogP contribution in [0.25, 0.3) is 0 Å². The summed E-state index contributed by atoms with van der Waals surface area (Å²) in [5.41, 5.74) is -0.0726. The van der Waals surface area contributed by atoms with Crippen LogP contribution in [0.3, 0.4) is 0 Å². The van der Waals surface area contributed by atoms with Gasteiger partial charge >= 0.3 is 0 Å². The Labute approximate surface area is 107 Å². The maximum Gasteiger partial charge on any atom is 0.196 e. The van der Waals surface area contributed by atoms with E-state index in [9.17, 15) is 13.2 Å². The minimum absolute atomic E-state index is 0.0726. The van der Waals surface area contributed by atoms with Crippen molar-refractivity contribution in [1.29, 1.82) is 0 Å². The standard InChI is InChI=1S/C12H11F3N2S/c13-7-3-4-8(11(15)10(7)14)17-12-16-5-9(18-12)6-1-2-6/h3-4,6,9H,1-2,5H2,(H,16,17). The van der Waals surface area contributed by atoms with E-state index in [1.165, 1.54) is 18.9 Å². The zero-order valence-corrected chi connectivity index (χ0v) is 10.2. The molecule has 1 heterocycles. The fourth-order valence-electron chi connectivity index (χ4n) is 1.91. The van der Waals surface area contributed by atoms with Gasteiger partial charge in [0.15, 0.2) is 22.6 Å². The number of rotatable bonds is 2. The fraction of sp³-hybridized carbons (Fsp3) is 0.417. The molecule has 1 aromatic carbocycles. The molecule has 0 amide bonds. The highest BCUT2D eigenvalue weighted by atomic mass is 32.2. The Morgan fingerprint density at radius 3 is 2.67 bits per heavy atom. The first-order valence-electron chi connectivity index (χ1n) is 5.77. The van der Waals surface area contributed by atoms with Gasteiger partial charge in [0.1, 0.15) is 0 Å². The van der Waals surface area contributed by atoms with E-state index in [1.54, 1.807) is 11.8 Å². The number of anilines is 1. The van der Waals surface area contributed by atoms with Crippen LogP contribution in [0.15, 0.2) is 17.1 Å². The largest absolute Gasteiger partial charge is 0.332 e. The van der Waals surface area contributed by atoms with Crippen LogP contribution in [0.2, 0.25) is 0 Å². The number of amidine groups is 1. The number of thioether (sulfide) groups is 1. The Kier molecular flexibility index (Phi) is 2.97. The number of benzene rings is 1. The minimum Gasteiger partial charge on any atom is -0.332 e. The van der Waals surface area contributed by atoms with Crippen LogP contribution in [-0.2, 0) is 0 Å². The smallest absolute Gasteiger partial charge is 0.196 e. The molecule has 0 spiro atoms. The lowest BCUT2D eigenvalue weighted by Gasteiger charge is -2.09. The van der Waals surface area contributed by atoms with Crippen LogP contribution >= 0.6 is 11.8 Å². The van der Waals surface area contributed by atoms with E-state index < -0.39 is 17.5 Å². The predicted octanol–water partition coefficient (Wildman–Crippen LogP) is 3.40. The molecule has 2 nitrogen and oxygen atoms in total. The Hall–Kier alpha value is -1.17. The lowest BCUT2D eigenvalue weighted by Crippen LogP contribution is -2.10. The molecule has 0 saturated heterocycles. The second-order valence-corrected chi connectivity index (χ2v) is 5.72. The van der Waals surface area contributed by atoms with Crippen molar-refractivity contribution in [3.8, 4) is 0 Å². The van der Waals surface area contributed by atoms with E-state index in [-0.39, 0.29) is 5.69 Å².